The molecule has 0 atom stereocenters. The minimum absolute atomic E-state index is 0.245. The van der Waals surface area contributed by atoms with E-state index in [1.54, 1.807) is 18.2 Å². The Morgan fingerprint density at radius 2 is 1.73 bits per heavy atom. The second-order valence-corrected chi connectivity index (χ2v) is 6.54. The zero-order valence-electron chi connectivity index (χ0n) is 14.0. The fourth-order valence-electron chi connectivity index (χ4n) is 2.20. The number of hydrogen-bond acceptors (Lipinski definition) is 4. The number of hydrogen-bond donors (Lipinski definition) is 2. The summed E-state index contributed by atoms with van der Waals surface area (Å²) in [4.78, 5) is 20.5. The Balaban J connectivity index is 1.60. The van der Waals surface area contributed by atoms with Crippen LogP contribution < -0.4 is 10.6 Å². The Hall–Kier alpha value is -2.63. The van der Waals surface area contributed by atoms with Gasteiger partial charge in [-0.05, 0) is 42.3 Å². The number of nitrogens with zero attached hydrogens (tertiary/aromatic N) is 2. The fourth-order valence-corrected chi connectivity index (χ4v) is 2.50. The predicted octanol–water partition coefficient (Wildman–Crippen LogP) is 4.77. The Bertz CT molecular complexity index is 912. The summed E-state index contributed by atoms with van der Waals surface area (Å²) in [5.74, 6) is 0.143. The first-order chi connectivity index (χ1) is 12.5. The van der Waals surface area contributed by atoms with Gasteiger partial charge in [0, 0.05) is 34.7 Å². The first-order valence-corrected chi connectivity index (χ1v) is 8.65. The van der Waals surface area contributed by atoms with E-state index in [4.69, 9.17) is 23.2 Å². The van der Waals surface area contributed by atoms with Crippen LogP contribution in [0.2, 0.25) is 10.0 Å². The summed E-state index contributed by atoms with van der Waals surface area (Å²) < 4.78 is 0. The van der Waals surface area contributed by atoms with Gasteiger partial charge in [-0.2, -0.15) is 0 Å². The molecule has 2 aromatic carbocycles. The van der Waals surface area contributed by atoms with Gasteiger partial charge in [0.15, 0.2) is 0 Å². The van der Waals surface area contributed by atoms with Crippen molar-refractivity contribution >= 4 is 40.7 Å². The molecule has 0 unspecified atom stereocenters. The number of benzene rings is 2. The largest absolute Gasteiger partial charge is 0.348 e. The van der Waals surface area contributed by atoms with Crippen LogP contribution in [-0.4, -0.2) is 15.9 Å². The zero-order chi connectivity index (χ0) is 18.5. The summed E-state index contributed by atoms with van der Waals surface area (Å²) in [6.45, 7) is 2.33. The molecule has 3 rings (SSSR count). The van der Waals surface area contributed by atoms with E-state index >= 15 is 0 Å². The van der Waals surface area contributed by atoms with E-state index in [2.05, 4.69) is 20.6 Å². The molecule has 1 amide bonds. The highest BCUT2D eigenvalue weighted by Gasteiger charge is 2.08. The summed E-state index contributed by atoms with van der Waals surface area (Å²) >= 11 is 11.9. The second-order valence-electron chi connectivity index (χ2n) is 5.69. The lowest BCUT2D eigenvalue weighted by atomic mass is 10.2. The molecule has 132 valence electrons. The van der Waals surface area contributed by atoms with E-state index in [9.17, 15) is 4.79 Å². The van der Waals surface area contributed by atoms with Gasteiger partial charge in [0.25, 0.3) is 5.91 Å². The van der Waals surface area contributed by atoms with Crippen molar-refractivity contribution in [3.63, 3.8) is 0 Å². The average molecular weight is 387 g/mol. The number of carbonyl (C=O) groups excluding carboxylic acids is 1. The molecule has 0 bridgehead atoms. The number of carbonyl (C=O) groups is 1. The van der Waals surface area contributed by atoms with Crippen LogP contribution in [0.5, 0.6) is 0 Å². The highest BCUT2D eigenvalue weighted by Crippen LogP contribution is 2.21. The van der Waals surface area contributed by atoms with E-state index < -0.39 is 0 Å². The van der Waals surface area contributed by atoms with Gasteiger partial charge >= 0.3 is 0 Å². The van der Waals surface area contributed by atoms with Crippen molar-refractivity contribution in [3.8, 4) is 0 Å². The van der Waals surface area contributed by atoms with Gasteiger partial charge in [0.1, 0.15) is 0 Å². The van der Waals surface area contributed by atoms with Gasteiger partial charge in [0.2, 0.25) is 5.95 Å². The average Bonchev–Trinajstić information content (AvgIpc) is 2.65. The molecule has 0 aliphatic rings. The lowest BCUT2D eigenvalue weighted by molar-refractivity contribution is 0.0950. The SMILES string of the molecule is Cc1ccc(Nc2ncc(C(=O)NCc3ccc(Cl)cc3)cn2)cc1Cl. The maximum absolute atomic E-state index is 12.2. The number of halogens is 2. The van der Waals surface area contributed by atoms with Gasteiger partial charge in [0.05, 0.1) is 5.56 Å². The summed E-state index contributed by atoms with van der Waals surface area (Å²) in [6.07, 6.45) is 2.95. The Labute approximate surface area is 161 Å². The predicted molar refractivity (Wildman–Crippen MR) is 104 cm³/mol. The van der Waals surface area contributed by atoms with E-state index in [1.807, 2.05) is 31.2 Å². The molecule has 0 spiro atoms. The maximum atomic E-state index is 12.2. The number of aryl methyl sites for hydroxylation is 1. The molecule has 0 saturated heterocycles. The van der Waals surface area contributed by atoms with Crippen LogP contribution in [0.25, 0.3) is 0 Å². The van der Waals surface area contributed by atoms with Crippen LogP contribution in [0.4, 0.5) is 11.6 Å². The molecular weight excluding hydrogens is 371 g/mol. The van der Waals surface area contributed by atoms with E-state index in [0.717, 1.165) is 16.8 Å². The second kappa shape index (κ2) is 8.17. The minimum atomic E-state index is -0.245. The van der Waals surface area contributed by atoms with Crippen LogP contribution >= 0.6 is 23.2 Å². The smallest absolute Gasteiger partial charge is 0.254 e. The molecule has 7 heteroatoms. The molecule has 0 aliphatic carbocycles. The van der Waals surface area contributed by atoms with Crippen molar-refractivity contribution in [2.75, 3.05) is 5.32 Å². The van der Waals surface area contributed by atoms with E-state index in [0.29, 0.717) is 28.1 Å². The van der Waals surface area contributed by atoms with Crippen molar-refractivity contribution in [3.05, 3.63) is 81.6 Å². The highest BCUT2D eigenvalue weighted by molar-refractivity contribution is 6.31. The first kappa shape index (κ1) is 18.2. The lowest BCUT2D eigenvalue weighted by Crippen LogP contribution is -2.23. The summed E-state index contributed by atoms with van der Waals surface area (Å²) in [6, 6.07) is 12.9. The Kier molecular flexibility index (Phi) is 5.71. The number of anilines is 2. The first-order valence-electron chi connectivity index (χ1n) is 7.89. The van der Waals surface area contributed by atoms with Crippen LogP contribution in [0.3, 0.4) is 0 Å². The molecule has 0 saturated carbocycles. The van der Waals surface area contributed by atoms with Crippen LogP contribution in [0, 0.1) is 6.92 Å². The van der Waals surface area contributed by atoms with Crippen molar-refractivity contribution in [2.24, 2.45) is 0 Å². The number of aromatic nitrogens is 2. The van der Waals surface area contributed by atoms with Crippen molar-refractivity contribution < 1.29 is 4.79 Å². The normalized spacial score (nSPS) is 10.4. The Morgan fingerprint density at radius 3 is 2.38 bits per heavy atom. The van der Waals surface area contributed by atoms with Gasteiger partial charge in [-0.1, -0.05) is 41.4 Å². The molecule has 0 fully saturated rings. The van der Waals surface area contributed by atoms with Gasteiger partial charge in [-0.25, -0.2) is 9.97 Å². The molecule has 2 N–H and O–H groups in total. The van der Waals surface area contributed by atoms with Crippen LogP contribution in [0.1, 0.15) is 21.5 Å². The quantitative estimate of drug-likeness (QED) is 0.662. The monoisotopic (exact) mass is 386 g/mol. The number of amides is 1. The molecule has 1 heterocycles. The summed E-state index contributed by atoms with van der Waals surface area (Å²) in [5, 5.41) is 7.19. The minimum Gasteiger partial charge on any atom is -0.348 e. The molecule has 0 aliphatic heterocycles. The van der Waals surface area contributed by atoms with Crippen LogP contribution in [0.15, 0.2) is 54.9 Å². The number of nitrogens with one attached hydrogen (secondary N) is 2. The third-order valence-electron chi connectivity index (χ3n) is 3.71. The fraction of sp³-hybridized carbons (Fsp3) is 0.105. The third-order valence-corrected chi connectivity index (χ3v) is 4.37. The van der Waals surface area contributed by atoms with E-state index in [-0.39, 0.29) is 5.91 Å². The molecule has 5 nitrogen and oxygen atoms in total. The molecule has 0 radical (unpaired) electrons. The lowest BCUT2D eigenvalue weighted by Gasteiger charge is -2.08. The molecule has 26 heavy (non-hydrogen) atoms. The summed E-state index contributed by atoms with van der Waals surface area (Å²) in [5.41, 5.74) is 3.11. The third kappa shape index (κ3) is 4.71. The topological polar surface area (TPSA) is 66.9 Å². The highest BCUT2D eigenvalue weighted by atomic mass is 35.5. The van der Waals surface area contributed by atoms with Gasteiger partial charge in [-0.3, -0.25) is 4.79 Å². The molecule has 1 aromatic heterocycles. The van der Waals surface area contributed by atoms with Gasteiger partial charge in [-0.15, -0.1) is 0 Å². The maximum Gasteiger partial charge on any atom is 0.254 e. The van der Waals surface area contributed by atoms with Crippen molar-refractivity contribution in [1.82, 2.24) is 15.3 Å². The van der Waals surface area contributed by atoms with Crippen LogP contribution in [-0.2, 0) is 6.54 Å². The molecule has 3 aromatic rings. The molecular formula is C19H16Cl2N4O. The standard InChI is InChI=1S/C19H16Cl2N4O/c1-12-2-7-16(8-17(12)21)25-19-23-10-14(11-24-19)18(26)22-9-13-3-5-15(20)6-4-13/h2-8,10-11H,9H2,1H3,(H,22,26)(H,23,24,25). The Morgan fingerprint density at radius 1 is 1.04 bits per heavy atom. The summed E-state index contributed by atoms with van der Waals surface area (Å²) in [7, 11) is 0. The number of rotatable bonds is 5. The van der Waals surface area contributed by atoms with Gasteiger partial charge < -0.3 is 10.6 Å². The van der Waals surface area contributed by atoms with Crippen molar-refractivity contribution in [2.45, 2.75) is 13.5 Å². The van der Waals surface area contributed by atoms with Crippen molar-refractivity contribution in [1.29, 1.82) is 0 Å². The van der Waals surface area contributed by atoms with E-state index in [1.165, 1.54) is 12.4 Å². The zero-order valence-corrected chi connectivity index (χ0v) is 15.5.